The van der Waals surface area contributed by atoms with Crippen LogP contribution in [0, 0.1) is 0 Å². The van der Waals surface area contributed by atoms with Crippen LogP contribution in [-0.2, 0) is 4.79 Å². The maximum Gasteiger partial charge on any atom is 0.341 e. The zero-order valence-electron chi connectivity index (χ0n) is 14.9. The van der Waals surface area contributed by atoms with E-state index in [1.165, 1.54) is 4.90 Å². The lowest BCUT2D eigenvalue weighted by atomic mass is 10.0. The van der Waals surface area contributed by atoms with Gasteiger partial charge in [-0.2, -0.15) is 0 Å². The molecule has 0 aromatic heterocycles. The standard InChI is InChI=1S/C20H21NO5S/c1-2-25-17-11-13(7-8-16(17)26-12-19(22)23)20(24)21-15-9-10-27-18-6-4-3-5-14(15)18/h3-8,11,15H,2,9-10,12H2,1H3,(H,21,24)(H,22,23). The molecule has 0 saturated heterocycles. The van der Waals surface area contributed by atoms with Gasteiger partial charge in [-0.1, -0.05) is 18.2 Å². The van der Waals surface area contributed by atoms with Crippen LogP contribution < -0.4 is 14.8 Å². The lowest BCUT2D eigenvalue weighted by Gasteiger charge is -2.26. The summed E-state index contributed by atoms with van der Waals surface area (Å²) in [7, 11) is 0. The first-order valence-electron chi connectivity index (χ1n) is 8.72. The Morgan fingerprint density at radius 1 is 1.19 bits per heavy atom. The number of aliphatic carboxylic acids is 1. The van der Waals surface area contributed by atoms with Crippen LogP contribution in [0.1, 0.15) is 35.3 Å². The highest BCUT2D eigenvalue weighted by molar-refractivity contribution is 7.99. The van der Waals surface area contributed by atoms with Gasteiger partial charge >= 0.3 is 5.97 Å². The Labute approximate surface area is 161 Å². The molecule has 1 heterocycles. The Morgan fingerprint density at radius 3 is 2.78 bits per heavy atom. The zero-order valence-corrected chi connectivity index (χ0v) is 15.8. The number of carboxylic acid groups (broad SMARTS) is 1. The van der Waals surface area contributed by atoms with E-state index < -0.39 is 12.6 Å². The average Bonchev–Trinajstić information content (AvgIpc) is 2.67. The van der Waals surface area contributed by atoms with Crippen molar-refractivity contribution in [3.05, 3.63) is 53.6 Å². The number of hydrogen-bond acceptors (Lipinski definition) is 5. The second-order valence-corrected chi connectivity index (χ2v) is 7.11. The third-order valence-electron chi connectivity index (χ3n) is 4.12. The number of carbonyl (C=O) groups is 2. The van der Waals surface area contributed by atoms with Gasteiger partial charge in [-0.3, -0.25) is 4.79 Å². The number of thioether (sulfide) groups is 1. The SMILES string of the molecule is CCOc1cc(C(=O)NC2CCSc3ccccc32)ccc1OCC(=O)O. The number of amides is 1. The van der Waals surface area contributed by atoms with Crippen LogP contribution in [0.4, 0.5) is 0 Å². The molecule has 7 heteroatoms. The van der Waals surface area contributed by atoms with E-state index in [0.29, 0.717) is 23.7 Å². The van der Waals surface area contributed by atoms with Gasteiger partial charge in [0, 0.05) is 16.2 Å². The second kappa shape index (κ2) is 8.81. The first-order valence-corrected chi connectivity index (χ1v) is 9.71. The Balaban J connectivity index is 1.77. The van der Waals surface area contributed by atoms with Gasteiger partial charge in [0.25, 0.3) is 5.91 Å². The van der Waals surface area contributed by atoms with Crippen LogP contribution >= 0.6 is 11.8 Å². The van der Waals surface area contributed by atoms with Gasteiger partial charge in [-0.15, -0.1) is 11.8 Å². The fraction of sp³-hybridized carbons (Fsp3) is 0.300. The number of nitrogens with one attached hydrogen (secondary N) is 1. The maximum atomic E-state index is 12.7. The van der Waals surface area contributed by atoms with Crippen molar-refractivity contribution in [1.82, 2.24) is 5.32 Å². The van der Waals surface area contributed by atoms with Crippen molar-refractivity contribution < 1.29 is 24.2 Å². The van der Waals surface area contributed by atoms with Crippen LogP contribution in [0.25, 0.3) is 0 Å². The predicted octanol–water partition coefficient (Wildman–Crippen LogP) is 3.52. The molecule has 0 spiro atoms. The van der Waals surface area contributed by atoms with E-state index in [1.54, 1.807) is 30.0 Å². The molecule has 0 aliphatic carbocycles. The van der Waals surface area contributed by atoms with Crippen molar-refractivity contribution in [3.8, 4) is 11.5 Å². The summed E-state index contributed by atoms with van der Waals surface area (Å²) in [4.78, 5) is 24.7. The predicted molar refractivity (Wildman–Crippen MR) is 103 cm³/mol. The molecule has 2 aromatic rings. The van der Waals surface area contributed by atoms with Gasteiger partial charge in [0.1, 0.15) is 0 Å². The highest BCUT2D eigenvalue weighted by Crippen LogP contribution is 2.36. The van der Waals surface area contributed by atoms with Crippen LogP contribution in [-0.4, -0.2) is 35.9 Å². The van der Waals surface area contributed by atoms with Gasteiger partial charge in [-0.25, -0.2) is 4.79 Å². The van der Waals surface area contributed by atoms with Crippen LogP contribution in [0.2, 0.25) is 0 Å². The normalized spacial score (nSPS) is 15.5. The first kappa shape index (κ1) is 19.1. The van der Waals surface area contributed by atoms with E-state index in [-0.39, 0.29) is 11.9 Å². The molecule has 1 unspecified atom stereocenters. The molecule has 1 amide bonds. The maximum absolute atomic E-state index is 12.7. The third-order valence-corrected chi connectivity index (χ3v) is 5.24. The zero-order chi connectivity index (χ0) is 19.2. The van der Waals surface area contributed by atoms with Crippen molar-refractivity contribution in [2.24, 2.45) is 0 Å². The van der Waals surface area contributed by atoms with Crippen LogP contribution in [0.5, 0.6) is 11.5 Å². The number of hydrogen-bond donors (Lipinski definition) is 2. The van der Waals surface area contributed by atoms with Gasteiger partial charge < -0.3 is 19.9 Å². The molecule has 1 aliphatic rings. The minimum atomic E-state index is -1.08. The third kappa shape index (κ3) is 4.74. The monoisotopic (exact) mass is 387 g/mol. The lowest BCUT2D eigenvalue weighted by Crippen LogP contribution is -2.30. The molecule has 2 N–H and O–H groups in total. The topological polar surface area (TPSA) is 84.9 Å². The molecule has 0 fully saturated rings. The highest BCUT2D eigenvalue weighted by Gasteiger charge is 2.23. The van der Waals surface area contributed by atoms with Crippen molar-refractivity contribution in [2.45, 2.75) is 24.3 Å². The number of carboxylic acids is 1. The summed E-state index contributed by atoms with van der Waals surface area (Å²) in [5.41, 5.74) is 1.57. The number of benzene rings is 2. The smallest absolute Gasteiger partial charge is 0.341 e. The highest BCUT2D eigenvalue weighted by atomic mass is 32.2. The average molecular weight is 387 g/mol. The van der Waals surface area contributed by atoms with Crippen molar-refractivity contribution in [1.29, 1.82) is 0 Å². The van der Waals surface area contributed by atoms with E-state index >= 15 is 0 Å². The number of rotatable bonds is 7. The lowest BCUT2D eigenvalue weighted by molar-refractivity contribution is -0.139. The molecule has 3 rings (SSSR count). The first-order chi connectivity index (χ1) is 13.1. The van der Waals surface area contributed by atoms with E-state index in [4.69, 9.17) is 14.6 Å². The summed E-state index contributed by atoms with van der Waals surface area (Å²) in [6.07, 6.45) is 0.867. The fourth-order valence-corrected chi connectivity index (χ4v) is 4.04. The molecule has 142 valence electrons. The minimum absolute atomic E-state index is 0.0339. The van der Waals surface area contributed by atoms with E-state index in [9.17, 15) is 9.59 Å². The molecular weight excluding hydrogens is 366 g/mol. The van der Waals surface area contributed by atoms with Crippen LogP contribution in [0.15, 0.2) is 47.4 Å². The minimum Gasteiger partial charge on any atom is -0.490 e. The van der Waals surface area contributed by atoms with Gasteiger partial charge in [0.15, 0.2) is 18.1 Å². The van der Waals surface area contributed by atoms with E-state index in [2.05, 4.69) is 11.4 Å². The summed E-state index contributed by atoms with van der Waals surface area (Å²) >= 11 is 1.80. The summed E-state index contributed by atoms with van der Waals surface area (Å²) in [6, 6.07) is 12.8. The molecule has 1 atom stereocenters. The van der Waals surface area contributed by atoms with Gasteiger partial charge in [0.2, 0.25) is 0 Å². The number of ether oxygens (including phenoxy) is 2. The summed E-state index contributed by atoms with van der Waals surface area (Å²) in [5.74, 6) is 0.329. The number of carbonyl (C=O) groups excluding carboxylic acids is 1. The molecule has 1 aliphatic heterocycles. The molecule has 27 heavy (non-hydrogen) atoms. The molecule has 0 bridgehead atoms. The molecule has 0 saturated carbocycles. The van der Waals surface area contributed by atoms with E-state index in [1.807, 2.05) is 25.1 Å². The largest absolute Gasteiger partial charge is 0.490 e. The van der Waals surface area contributed by atoms with Crippen molar-refractivity contribution in [2.75, 3.05) is 19.0 Å². The Kier molecular flexibility index (Phi) is 6.24. The molecule has 2 aromatic carbocycles. The van der Waals surface area contributed by atoms with E-state index in [0.717, 1.165) is 17.7 Å². The molecule has 6 nitrogen and oxygen atoms in total. The molecular formula is C20H21NO5S. The molecule has 0 radical (unpaired) electrons. The van der Waals surface area contributed by atoms with Crippen molar-refractivity contribution in [3.63, 3.8) is 0 Å². The fourth-order valence-electron chi connectivity index (χ4n) is 2.91. The Morgan fingerprint density at radius 2 is 2.00 bits per heavy atom. The van der Waals surface area contributed by atoms with Crippen LogP contribution in [0.3, 0.4) is 0 Å². The Hall–Kier alpha value is -2.67. The van der Waals surface area contributed by atoms with Gasteiger partial charge in [0.05, 0.1) is 12.6 Å². The summed E-state index contributed by atoms with van der Waals surface area (Å²) in [5, 5.41) is 11.9. The number of fused-ring (bicyclic) bond motifs is 1. The summed E-state index contributed by atoms with van der Waals surface area (Å²) < 4.78 is 10.7. The summed E-state index contributed by atoms with van der Waals surface area (Å²) in [6.45, 7) is 1.72. The second-order valence-electron chi connectivity index (χ2n) is 5.98. The van der Waals surface area contributed by atoms with Crippen molar-refractivity contribution >= 4 is 23.6 Å². The Bertz CT molecular complexity index is 839. The van der Waals surface area contributed by atoms with Gasteiger partial charge in [-0.05, 0) is 43.2 Å². The quantitative estimate of drug-likeness (QED) is 0.756.